The number of anilines is 1. The first-order valence-corrected chi connectivity index (χ1v) is 9.84. The zero-order valence-corrected chi connectivity index (χ0v) is 16.9. The third-order valence-electron chi connectivity index (χ3n) is 3.97. The SMILES string of the molecule is Cc1cc(N(CCO)CCO)ccc1N=Nc1nc2ccc(Cl)c(Cl)c2s1. The lowest BCUT2D eigenvalue weighted by atomic mass is 10.1. The Morgan fingerprint density at radius 1 is 1.07 bits per heavy atom. The van der Waals surface area contributed by atoms with Crippen LogP contribution in [0.5, 0.6) is 0 Å². The smallest absolute Gasteiger partial charge is 0.231 e. The molecule has 142 valence electrons. The first kappa shape index (κ1) is 20.0. The van der Waals surface area contributed by atoms with Gasteiger partial charge in [0, 0.05) is 18.8 Å². The highest BCUT2D eigenvalue weighted by atomic mass is 35.5. The molecule has 0 aliphatic carbocycles. The van der Waals surface area contributed by atoms with E-state index in [0.717, 1.165) is 27.2 Å². The van der Waals surface area contributed by atoms with Gasteiger partial charge in [-0.2, -0.15) is 0 Å². The minimum Gasteiger partial charge on any atom is -0.395 e. The molecule has 0 radical (unpaired) electrons. The van der Waals surface area contributed by atoms with Gasteiger partial charge in [-0.25, -0.2) is 4.98 Å². The Labute approximate surface area is 170 Å². The molecule has 3 rings (SSSR count). The summed E-state index contributed by atoms with van der Waals surface area (Å²) >= 11 is 13.6. The van der Waals surface area contributed by atoms with Crippen molar-refractivity contribution < 1.29 is 10.2 Å². The van der Waals surface area contributed by atoms with E-state index in [1.54, 1.807) is 12.1 Å². The van der Waals surface area contributed by atoms with Crippen LogP contribution in [0.15, 0.2) is 40.6 Å². The predicted octanol–water partition coefficient (Wildman–Crippen LogP) is 5.12. The Hall–Kier alpha value is -1.77. The number of halogens is 2. The average molecular weight is 425 g/mol. The van der Waals surface area contributed by atoms with Crippen molar-refractivity contribution in [1.29, 1.82) is 0 Å². The summed E-state index contributed by atoms with van der Waals surface area (Å²) < 4.78 is 0.786. The van der Waals surface area contributed by atoms with Crippen LogP contribution >= 0.6 is 34.5 Å². The quantitative estimate of drug-likeness (QED) is 0.515. The topological polar surface area (TPSA) is 81.3 Å². The fraction of sp³-hybridized carbons (Fsp3) is 0.278. The number of hydrogen-bond acceptors (Lipinski definition) is 7. The minimum absolute atomic E-state index is 0.0185. The van der Waals surface area contributed by atoms with Crippen molar-refractivity contribution in [1.82, 2.24) is 4.98 Å². The number of hydrogen-bond donors (Lipinski definition) is 2. The van der Waals surface area contributed by atoms with Crippen LogP contribution in [-0.4, -0.2) is 41.5 Å². The van der Waals surface area contributed by atoms with Crippen LogP contribution < -0.4 is 4.90 Å². The molecule has 2 N–H and O–H groups in total. The lowest BCUT2D eigenvalue weighted by Crippen LogP contribution is -2.29. The lowest BCUT2D eigenvalue weighted by Gasteiger charge is -2.23. The second kappa shape index (κ2) is 8.95. The summed E-state index contributed by atoms with van der Waals surface area (Å²) in [5, 5.41) is 28.3. The van der Waals surface area contributed by atoms with Crippen molar-refractivity contribution >= 4 is 61.3 Å². The first-order valence-electron chi connectivity index (χ1n) is 8.27. The van der Waals surface area contributed by atoms with Crippen LogP contribution in [-0.2, 0) is 0 Å². The van der Waals surface area contributed by atoms with Gasteiger partial charge < -0.3 is 15.1 Å². The van der Waals surface area contributed by atoms with Crippen molar-refractivity contribution in [2.24, 2.45) is 10.2 Å². The van der Waals surface area contributed by atoms with E-state index in [-0.39, 0.29) is 13.2 Å². The summed E-state index contributed by atoms with van der Waals surface area (Å²) in [6.07, 6.45) is 0. The van der Waals surface area contributed by atoms with E-state index in [1.807, 2.05) is 30.0 Å². The van der Waals surface area contributed by atoms with E-state index in [4.69, 9.17) is 23.2 Å². The zero-order valence-electron chi connectivity index (χ0n) is 14.6. The van der Waals surface area contributed by atoms with Crippen LogP contribution in [0.2, 0.25) is 10.0 Å². The van der Waals surface area contributed by atoms with Gasteiger partial charge in [0.15, 0.2) is 0 Å². The van der Waals surface area contributed by atoms with Crippen LogP contribution in [0.4, 0.5) is 16.5 Å². The van der Waals surface area contributed by atoms with Gasteiger partial charge >= 0.3 is 0 Å². The van der Waals surface area contributed by atoms with Crippen LogP contribution in [0.3, 0.4) is 0 Å². The fourth-order valence-electron chi connectivity index (χ4n) is 2.62. The van der Waals surface area contributed by atoms with Crippen molar-refractivity contribution in [2.75, 3.05) is 31.2 Å². The zero-order chi connectivity index (χ0) is 19.4. The number of aliphatic hydroxyl groups is 2. The number of azo groups is 1. The van der Waals surface area contributed by atoms with E-state index in [0.29, 0.717) is 28.3 Å². The molecule has 0 fully saturated rings. The fourth-order valence-corrected chi connectivity index (χ4v) is 3.94. The minimum atomic E-state index is 0.0185. The number of aryl methyl sites for hydroxylation is 1. The molecule has 0 amide bonds. The van der Waals surface area contributed by atoms with E-state index in [9.17, 15) is 10.2 Å². The van der Waals surface area contributed by atoms with Crippen LogP contribution in [0, 0.1) is 6.92 Å². The van der Waals surface area contributed by atoms with Gasteiger partial charge in [-0.05, 0) is 42.8 Å². The maximum absolute atomic E-state index is 9.18. The van der Waals surface area contributed by atoms with Gasteiger partial charge in [0.05, 0.1) is 39.2 Å². The average Bonchev–Trinajstić information content (AvgIpc) is 3.07. The summed E-state index contributed by atoms with van der Waals surface area (Å²) in [6, 6.07) is 9.21. The third kappa shape index (κ3) is 4.56. The maximum Gasteiger partial charge on any atom is 0.231 e. The van der Waals surface area contributed by atoms with Crippen molar-refractivity contribution in [3.8, 4) is 0 Å². The van der Waals surface area contributed by atoms with Gasteiger partial charge in [-0.3, -0.25) is 0 Å². The van der Waals surface area contributed by atoms with Gasteiger partial charge in [0.1, 0.15) is 0 Å². The monoisotopic (exact) mass is 424 g/mol. The van der Waals surface area contributed by atoms with Crippen molar-refractivity contribution in [3.05, 3.63) is 45.9 Å². The molecule has 0 bridgehead atoms. The van der Waals surface area contributed by atoms with Gasteiger partial charge in [-0.1, -0.05) is 34.5 Å². The predicted molar refractivity (Wildman–Crippen MR) is 111 cm³/mol. The highest BCUT2D eigenvalue weighted by Gasteiger charge is 2.10. The van der Waals surface area contributed by atoms with E-state index in [1.165, 1.54) is 11.3 Å². The molecule has 1 heterocycles. The molecular weight excluding hydrogens is 407 g/mol. The number of aromatic nitrogens is 1. The molecule has 0 saturated heterocycles. The molecule has 0 unspecified atom stereocenters. The number of benzene rings is 2. The standard InChI is InChI=1S/C18H18Cl2N4O2S/c1-11-10-12(24(6-8-25)7-9-26)2-4-14(11)22-23-18-21-15-5-3-13(19)16(20)17(15)27-18/h2-5,10,25-26H,6-9H2,1H3. The van der Waals surface area contributed by atoms with Crippen LogP contribution in [0.1, 0.15) is 5.56 Å². The normalized spacial score (nSPS) is 11.6. The second-order valence-corrected chi connectivity index (χ2v) is 7.57. The highest BCUT2D eigenvalue weighted by Crippen LogP contribution is 2.38. The second-order valence-electron chi connectivity index (χ2n) is 5.81. The largest absolute Gasteiger partial charge is 0.395 e. The number of thiazole rings is 1. The van der Waals surface area contributed by atoms with E-state index >= 15 is 0 Å². The highest BCUT2D eigenvalue weighted by molar-refractivity contribution is 7.22. The first-order chi connectivity index (χ1) is 13.0. The van der Waals surface area contributed by atoms with Crippen LogP contribution in [0.25, 0.3) is 10.2 Å². The molecule has 0 saturated carbocycles. The summed E-state index contributed by atoms with van der Waals surface area (Å²) in [5.41, 5.74) is 3.30. The summed E-state index contributed by atoms with van der Waals surface area (Å²) in [7, 11) is 0. The Balaban J connectivity index is 1.84. The number of rotatable bonds is 7. The Bertz CT molecular complexity index is 971. The molecule has 0 aliphatic rings. The lowest BCUT2D eigenvalue weighted by molar-refractivity contribution is 0.281. The Kier molecular flexibility index (Phi) is 6.62. The number of aliphatic hydroxyl groups excluding tert-OH is 2. The van der Waals surface area contributed by atoms with Gasteiger partial charge in [0.25, 0.3) is 0 Å². The van der Waals surface area contributed by atoms with Crippen molar-refractivity contribution in [2.45, 2.75) is 6.92 Å². The van der Waals surface area contributed by atoms with Gasteiger partial charge in [0.2, 0.25) is 5.13 Å². The molecule has 2 aromatic carbocycles. The molecule has 9 heteroatoms. The van der Waals surface area contributed by atoms with Gasteiger partial charge in [-0.15, -0.1) is 10.2 Å². The molecule has 0 spiro atoms. The number of nitrogens with zero attached hydrogens (tertiary/aromatic N) is 4. The Morgan fingerprint density at radius 2 is 1.81 bits per heavy atom. The molecule has 27 heavy (non-hydrogen) atoms. The summed E-state index contributed by atoms with van der Waals surface area (Å²) in [4.78, 5) is 6.32. The molecule has 0 aliphatic heterocycles. The summed E-state index contributed by atoms with van der Waals surface area (Å²) in [5.74, 6) is 0. The maximum atomic E-state index is 9.18. The van der Waals surface area contributed by atoms with Crippen molar-refractivity contribution in [3.63, 3.8) is 0 Å². The number of fused-ring (bicyclic) bond motifs is 1. The van der Waals surface area contributed by atoms with E-state index in [2.05, 4.69) is 15.2 Å². The third-order valence-corrected chi connectivity index (χ3v) is 5.86. The molecule has 3 aromatic rings. The molecule has 1 aromatic heterocycles. The molecule has 6 nitrogen and oxygen atoms in total. The van der Waals surface area contributed by atoms with E-state index < -0.39 is 0 Å². The Morgan fingerprint density at radius 3 is 2.48 bits per heavy atom. The molecule has 0 atom stereocenters. The molecular formula is C18H18Cl2N4O2S. The summed E-state index contributed by atoms with van der Waals surface area (Å²) in [6.45, 7) is 2.88.